The van der Waals surface area contributed by atoms with E-state index >= 15 is 0 Å². The highest BCUT2D eigenvalue weighted by Crippen LogP contribution is 2.51. The summed E-state index contributed by atoms with van der Waals surface area (Å²) in [4.78, 5) is 12.6. The van der Waals surface area contributed by atoms with Crippen molar-refractivity contribution in [2.45, 2.75) is 38.5 Å². The van der Waals surface area contributed by atoms with Gasteiger partial charge in [0.05, 0.1) is 0 Å². The third-order valence-electron chi connectivity index (χ3n) is 4.61. The van der Waals surface area contributed by atoms with Crippen molar-refractivity contribution in [2.75, 3.05) is 0 Å². The average molecular weight is 214 g/mol. The number of carbonyl (C=O) groups excluding carboxylic acids is 1. The van der Waals surface area contributed by atoms with Crippen LogP contribution in [-0.2, 0) is 0 Å². The lowest BCUT2D eigenvalue weighted by Crippen LogP contribution is -2.40. The molecular formula is C15H18O. The summed E-state index contributed by atoms with van der Waals surface area (Å²) in [6.07, 6.45) is 7.22. The molecule has 84 valence electrons. The number of fused-ring (bicyclic) bond motifs is 3. The van der Waals surface area contributed by atoms with E-state index in [1.54, 1.807) is 0 Å². The molecule has 0 radical (unpaired) electrons. The van der Waals surface area contributed by atoms with E-state index in [4.69, 9.17) is 0 Å². The van der Waals surface area contributed by atoms with Gasteiger partial charge in [-0.05, 0) is 44.4 Å². The lowest BCUT2D eigenvalue weighted by Gasteiger charge is -2.45. The van der Waals surface area contributed by atoms with E-state index in [0.717, 1.165) is 30.7 Å². The topological polar surface area (TPSA) is 17.1 Å². The molecule has 0 aromatic heterocycles. The Kier molecular flexibility index (Phi) is 2.34. The molecule has 0 unspecified atom stereocenters. The second-order valence-corrected chi connectivity index (χ2v) is 5.46. The van der Waals surface area contributed by atoms with Gasteiger partial charge in [-0.15, -0.1) is 0 Å². The van der Waals surface area contributed by atoms with Crippen LogP contribution in [0, 0.1) is 11.3 Å². The molecule has 0 spiro atoms. The van der Waals surface area contributed by atoms with Crippen LogP contribution >= 0.6 is 0 Å². The molecule has 16 heavy (non-hydrogen) atoms. The summed E-state index contributed by atoms with van der Waals surface area (Å²) in [5.74, 6) is 1.33. The van der Waals surface area contributed by atoms with Crippen molar-refractivity contribution in [3.63, 3.8) is 0 Å². The van der Waals surface area contributed by atoms with Crippen LogP contribution in [-0.4, -0.2) is 5.78 Å². The van der Waals surface area contributed by atoms with Gasteiger partial charge in [-0.2, -0.15) is 0 Å². The Morgan fingerprint density at radius 3 is 2.12 bits per heavy atom. The summed E-state index contributed by atoms with van der Waals surface area (Å²) in [6, 6.07) is 9.86. The Morgan fingerprint density at radius 1 is 1.00 bits per heavy atom. The van der Waals surface area contributed by atoms with Crippen LogP contribution in [0.15, 0.2) is 30.3 Å². The molecule has 4 rings (SSSR count). The van der Waals surface area contributed by atoms with Gasteiger partial charge in [0.15, 0.2) is 5.78 Å². The molecule has 3 aliphatic carbocycles. The highest BCUT2D eigenvalue weighted by molar-refractivity contribution is 6.00. The molecule has 3 aliphatic rings. The Labute approximate surface area is 96.9 Å². The predicted molar refractivity (Wildman–Crippen MR) is 64.4 cm³/mol. The summed E-state index contributed by atoms with van der Waals surface area (Å²) < 4.78 is 0. The minimum Gasteiger partial charge on any atom is -0.294 e. The van der Waals surface area contributed by atoms with Crippen molar-refractivity contribution in [3.8, 4) is 0 Å². The fraction of sp³-hybridized carbons (Fsp3) is 0.533. The van der Waals surface area contributed by atoms with Crippen molar-refractivity contribution in [2.24, 2.45) is 11.3 Å². The zero-order valence-electron chi connectivity index (χ0n) is 9.61. The second-order valence-electron chi connectivity index (χ2n) is 5.46. The van der Waals surface area contributed by atoms with Crippen LogP contribution in [0.5, 0.6) is 0 Å². The smallest absolute Gasteiger partial charge is 0.168 e. The summed E-state index contributed by atoms with van der Waals surface area (Å²) in [5.41, 5.74) is 0.929. The monoisotopic (exact) mass is 214 g/mol. The maximum absolute atomic E-state index is 12.6. The summed E-state index contributed by atoms with van der Waals surface area (Å²) >= 11 is 0. The van der Waals surface area contributed by atoms with Gasteiger partial charge >= 0.3 is 0 Å². The average Bonchev–Trinajstić information content (AvgIpc) is 2.41. The van der Waals surface area contributed by atoms with E-state index < -0.39 is 0 Å². The van der Waals surface area contributed by atoms with Crippen LogP contribution in [0.25, 0.3) is 0 Å². The van der Waals surface area contributed by atoms with Gasteiger partial charge in [-0.3, -0.25) is 4.79 Å². The molecule has 0 saturated heterocycles. The number of carbonyl (C=O) groups is 1. The van der Waals surface area contributed by atoms with Crippen molar-refractivity contribution >= 4 is 5.78 Å². The SMILES string of the molecule is O=C(c1ccccc1)C12CCC(CC1)CC2. The fourth-order valence-corrected chi connectivity index (χ4v) is 3.49. The number of hydrogen-bond acceptors (Lipinski definition) is 1. The molecule has 1 aromatic carbocycles. The maximum atomic E-state index is 12.6. The number of Topliss-reactive ketones (excluding diaryl/α,β-unsaturated/α-hetero) is 1. The molecule has 0 heterocycles. The van der Waals surface area contributed by atoms with Crippen LogP contribution in [0.4, 0.5) is 0 Å². The van der Waals surface area contributed by atoms with E-state index in [1.807, 2.05) is 30.3 Å². The molecule has 1 heteroatoms. The van der Waals surface area contributed by atoms with Crippen molar-refractivity contribution in [1.82, 2.24) is 0 Å². The Balaban J connectivity index is 1.89. The molecule has 0 N–H and O–H groups in total. The molecule has 1 nitrogen and oxygen atoms in total. The third kappa shape index (κ3) is 1.50. The van der Waals surface area contributed by atoms with Crippen LogP contribution < -0.4 is 0 Å². The molecule has 1 aromatic rings. The first-order valence-electron chi connectivity index (χ1n) is 6.40. The first kappa shape index (κ1) is 10.1. The van der Waals surface area contributed by atoms with E-state index in [-0.39, 0.29) is 5.41 Å². The highest BCUT2D eigenvalue weighted by atomic mass is 16.1. The van der Waals surface area contributed by atoms with Crippen LogP contribution in [0.1, 0.15) is 48.9 Å². The van der Waals surface area contributed by atoms with E-state index in [2.05, 4.69) is 0 Å². The first-order valence-corrected chi connectivity index (χ1v) is 6.40. The van der Waals surface area contributed by atoms with Crippen molar-refractivity contribution in [1.29, 1.82) is 0 Å². The van der Waals surface area contributed by atoms with Gasteiger partial charge in [-0.25, -0.2) is 0 Å². The number of hydrogen-bond donors (Lipinski definition) is 0. The molecule has 0 amide bonds. The summed E-state index contributed by atoms with van der Waals surface area (Å²) in [6.45, 7) is 0. The van der Waals surface area contributed by atoms with Gasteiger partial charge in [0.2, 0.25) is 0 Å². The predicted octanol–water partition coefficient (Wildman–Crippen LogP) is 3.84. The van der Waals surface area contributed by atoms with Gasteiger partial charge in [0.1, 0.15) is 0 Å². The molecule has 0 atom stereocenters. The van der Waals surface area contributed by atoms with Gasteiger partial charge in [0.25, 0.3) is 0 Å². The lowest BCUT2D eigenvalue weighted by molar-refractivity contribution is 0.0442. The van der Waals surface area contributed by atoms with Crippen LogP contribution in [0.3, 0.4) is 0 Å². The Bertz CT molecular complexity index is 371. The van der Waals surface area contributed by atoms with Crippen LogP contribution in [0.2, 0.25) is 0 Å². The van der Waals surface area contributed by atoms with Crippen molar-refractivity contribution in [3.05, 3.63) is 35.9 Å². The van der Waals surface area contributed by atoms with Gasteiger partial charge in [0, 0.05) is 11.0 Å². The molecule has 2 bridgehead atoms. The number of ketones is 1. The van der Waals surface area contributed by atoms with E-state index in [1.165, 1.54) is 19.3 Å². The summed E-state index contributed by atoms with van der Waals surface area (Å²) in [7, 11) is 0. The lowest BCUT2D eigenvalue weighted by atomic mass is 9.58. The Hall–Kier alpha value is -1.11. The normalized spacial score (nSPS) is 32.6. The number of benzene rings is 1. The summed E-state index contributed by atoms with van der Waals surface area (Å²) in [5, 5.41) is 0. The van der Waals surface area contributed by atoms with E-state index in [9.17, 15) is 4.79 Å². The number of rotatable bonds is 2. The standard InChI is InChI=1S/C15H18O/c16-14(13-4-2-1-3-5-13)15-9-6-12(7-10-15)8-11-15/h1-5,12H,6-11H2. The molecule has 0 aliphatic heterocycles. The second kappa shape index (κ2) is 3.73. The fourth-order valence-electron chi connectivity index (χ4n) is 3.49. The van der Waals surface area contributed by atoms with Gasteiger partial charge < -0.3 is 0 Å². The third-order valence-corrected chi connectivity index (χ3v) is 4.61. The Morgan fingerprint density at radius 2 is 1.56 bits per heavy atom. The molecule has 3 saturated carbocycles. The zero-order chi connectivity index (χ0) is 11.0. The molecule has 3 fully saturated rings. The zero-order valence-corrected chi connectivity index (χ0v) is 9.61. The highest BCUT2D eigenvalue weighted by Gasteiger charge is 2.45. The quantitative estimate of drug-likeness (QED) is 0.684. The minimum absolute atomic E-state index is 0.0100. The largest absolute Gasteiger partial charge is 0.294 e. The van der Waals surface area contributed by atoms with E-state index in [0.29, 0.717) is 5.78 Å². The molecular weight excluding hydrogens is 196 g/mol. The van der Waals surface area contributed by atoms with Crippen molar-refractivity contribution < 1.29 is 4.79 Å². The first-order chi connectivity index (χ1) is 7.80. The minimum atomic E-state index is 0.0100. The van der Waals surface area contributed by atoms with Gasteiger partial charge in [-0.1, -0.05) is 30.3 Å². The maximum Gasteiger partial charge on any atom is 0.168 e.